The molecule has 2 aromatic carbocycles. The molecule has 1 aromatic heterocycles. The standard InChI is InChI=1S/C20H23N5O2/c1-26-17-7-3-15(4-8-17)11-12-21-20-24-19(14-23-25-20)22-13-16-5-9-18(27-2)10-6-16/h3-10,14H,11-13H2,1-2H3,(H2,21,22,24,25). The van der Waals surface area contributed by atoms with Gasteiger partial charge < -0.3 is 20.1 Å². The summed E-state index contributed by atoms with van der Waals surface area (Å²) < 4.78 is 10.3. The van der Waals surface area contributed by atoms with Gasteiger partial charge in [-0.25, -0.2) is 0 Å². The van der Waals surface area contributed by atoms with E-state index in [-0.39, 0.29) is 0 Å². The van der Waals surface area contributed by atoms with E-state index in [2.05, 4.69) is 25.8 Å². The lowest BCUT2D eigenvalue weighted by molar-refractivity contribution is 0.414. The van der Waals surface area contributed by atoms with Crippen LogP contribution in [0, 0.1) is 0 Å². The molecule has 2 N–H and O–H groups in total. The maximum absolute atomic E-state index is 5.17. The Bertz CT molecular complexity index is 838. The second kappa shape index (κ2) is 9.38. The first-order chi connectivity index (χ1) is 13.3. The molecule has 0 saturated carbocycles. The molecule has 0 aliphatic carbocycles. The summed E-state index contributed by atoms with van der Waals surface area (Å²) >= 11 is 0. The fraction of sp³-hybridized carbons (Fsp3) is 0.250. The van der Waals surface area contributed by atoms with Gasteiger partial charge in [-0.15, -0.1) is 5.10 Å². The monoisotopic (exact) mass is 365 g/mol. The van der Waals surface area contributed by atoms with Gasteiger partial charge in [0, 0.05) is 13.1 Å². The van der Waals surface area contributed by atoms with Crippen LogP contribution in [0.2, 0.25) is 0 Å². The molecule has 7 nitrogen and oxygen atoms in total. The van der Waals surface area contributed by atoms with Gasteiger partial charge in [-0.1, -0.05) is 24.3 Å². The Balaban J connectivity index is 1.48. The van der Waals surface area contributed by atoms with Gasteiger partial charge in [0.15, 0.2) is 5.82 Å². The zero-order valence-corrected chi connectivity index (χ0v) is 15.5. The predicted octanol–water partition coefficient (Wildman–Crippen LogP) is 3.16. The van der Waals surface area contributed by atoms with E-state index in [1.165, 1.54) is 5.56 Å². The number of ether oxygens (including phenoxy) is 2. The van der Waals surface area contributed by atoms with Crippen molar-refractivity contribution in [1.29, 1.82) is 0 Å². The summed E-state index contributed by atoms with van der Waals surface area (Å²) in [7, 11) is 3.32. The fourth-order valence-corrected chi connectivity index (χ4v) is 2.51. The number of hydrogen-bond acceptors (Lipinski definition) is 7. The maximum atomic E-state index is 5.17. The zero-order chi connectivity index (χ0) is 18.9. The molecule has 0 unspecified atom stereocenters. The Morgan fingerprint density at radius 2 is 1.44 bits per heavy atom. The predicted molar refractivity (Wildman–Crippen MR) is 105 cm³/mol. The van der Waals surface area contributed by atoms with Crippen molar-refractivity contribution in [2.75, 3.05) is 31.4 Å². The molecule has 1 heterocycles. The number of methoxy groups -OCH3 is 2. The van der Waals surface area contributed by atoms with Crippen molar-refractivity contribution in [1.82, 2.24) is 15.2 Å². The molecule has 7 heteroatoms. The highest BCUT2D eigenvalue weighted by Crippen LogP contribution is 2.13. The van der Waals surface area contributed by atoms with Gasteiger partial charge in [0.1, 0.15) is 11.5 Å². The molecule has 3 aromatic rings. The lowest BCUT2D eigenvalue weighted by Crippen LogP contribution is -2.10. The van der Waals surface area contributed by atoms with E-state index in [9.17, 15) is 0 Å². The SMILES string of the molecule is COc1ccc(CCNc2nncc(NCc3ccc(OC)cc3)n2)cc1. The molecule has 0 saturated heterocycles. The van der Waals surface area contributed by atoms with Gasteiger partial charge in [0.25, 0.3) is 0 Å². The first-order valence-corrected chi connectivity index (χ1v) is 8.70. The lowest BCUT2D eigenvalue weighted by Gasteiger charge is -2.08. The van der Waals surface area contributed by atoms with Crippen molar-refractivity contribution in [3.05, 3.63) is 65.9 Å². The van der Waals surface area contributed by atoms with Crippen LogP contribution < -0.4 is 20.1 Å². The number of rotatable bonds is 9. The Morgan fingerprint density at radius 3 is 2.07 bits per heavy atom. The van der Waals surface area contributed by atoms with Crippen LogP contribution in [0.5, 0.6) is 11.5 Å². The normalized spacial score (nSPS) is 10.3. The molecule has 0 atom stereocenters. The number of hydrogen-bond donors (Lipinski definition) is 2. The lowest BCUT2D eigenvalue weighted by atomic mass is 10.1. The van der Waals surface area contributed by atoms with Gasteiger partial charge in [-0.3, -0.25) is 0 Å². The number of nitrogens with one attached hydrogen (secondary N) is 2. The first-order valence-electron chi connectivity index (χ1n) is 8.70. The molecule has 0 fully saturated rings. The minimum absolute atomic E-state index is 0.503. The summed E-state index contributed by atoms with van der Waals surface area (Å²) in [6, 6.07) is 15.9. The number of nitrogens with zero attached hydrogens (tertiary/aromatic N) is 3. The Labute approximate surface area is 158 Å². The van der Waals surface area contributed by atoms with E-state index in [0.29, 0.717) is 18.3 Å². The van der Waals surface area contributed by atoms with E-state index in [1.54, 1.807) is 20.4 Å². The Morgan fingerprint density at radius 1 is 0.815 bits per heavy atom. The molecule has 3 rings (SSSR count). The highest BCUT2D eigenvalue weighted by Gasteiger charge is 2.02. The van der Waals surface area contributed by atoms with Crippen molar-refractivity contribution in [2.45, 2.75) is 13.0 Å². The van der Waals surface area contributed by atoms with Crippen molar-refractivity contribution in [3.8, 4) is 11.5 Å². The van der Waals surface area contributed by atoms with E-state index in [1.807, 2.05) is 48.5 Å². The van der Waals surface area contributed by atoms with Gasteiger partial charge >= 0.3 is 0 Å². The minimum Gasteiger partial charge on any atom is -0.497 e. The second-order valence-corrected chi connectivity index (χ2v) is 5.89. The van der Waals surface area contributed by atoms with Crippen LogP contribution >= 0.6 is 0 Å². The molecular formula is C20H23N5O2. The average Bonchev–Trinajstić information content (AvgIpc) is 2.73. The molecule has 140 valence electrons. The molecule has 0 spiro atoms. The minimum atomic E-state index is 0.503. The van der Waals surface area contributed by atoms with Crippen molar-refractivity contribution in [2.24, 2.45) is 0 Å². The van der Waals surface area contributed by atoms with Crippen LogP contribution in [-0.2, 0) is 13.0 Å². The van der Waals surface area contributed by atoms with E-state index >= 15 is 0 Å². The number of anilines is 2. The van der Waals surface area contributed by atoms with Crippen molar-refractivity contribution >= 4 is 11.8 Å². The van der Waals surface area contributed by atoms with Gasteiger partial charge in [0.05, 0.1) is 20.4 Å². The molecule has 0 radical (unpaired) electrons. The third-order valence-corrected chi connectivity index (χ3v) is 4.05. The van der Waals surface area contributed by atoms with Crippen LogP contribution in [0.4, 0.5) is 11.8 Å². The van der Waals surface area contributed by atoms with E-state index in [4.69, 9.17) is 9.47 Å². The summed E-state index contributed by atoms with van der Waals surface area (Å²) in [5.74, 6) is 2.87. The zero-order valence-electron chi connectivity index (χ0n) is 15.5. The maximum Gasteiger partial charge on any atom is 0.244 e. The van der Waals surface area contributed by atoms with Crippen molar-refractivity contribution < 1.29 is 9.47 Å². The van der Waals surface area contributed by atoms with Crippen molar-refractivity contribution in [3.63, 3.8) is 0 Å². The summed E-state index contributed by atoms with van der Waals surface area (Å²) in [6.45, 7) is 1.36. The Kier molecular flexibility index (Phi) is 6.40. The third-order valence-electron chi connectivity index (χ3n) is 4.05. The first kappa shape index (κ1) is 18.4. The summed E-state index contributed by atoms with van der Waals surface area (Å²) in [4.78, 5) is 4.44. The number of benzene rings is 2. The smallest absolute Gasteiger partial charge is 0.244 e. The van der Waals surface area contributed by atoms with E-state index < -0.39 is 0 Å². The Hall–Kier alpha value is -3.35. The van der Waals surface area contributed by atoms with Crippen LogP contribution in [-0.4, -0.2) is 35.9 Å². The molecule has 0 amide bonds. The third kappa shape index (κ3) is 5.57. The second-order valence-electron chi connectivity index (χ2n) is 5.89. The van der Waals surface area contributed by atoms with Crippen LogP contribution in [0.15, 0.2) is 54.7 Å². The molecule has 0 bridgehead atoms. The van der Waals surface area contributed by atoms with Crippen LogP contribution in [0.1, 0.15) is 11.1 Å². The van der Waals surface area contributed by atoms with Crippen LogP contribution in [0.25, 0.3) is 0 Å². The summed E-state index contributed by atoms with van der Waals surface area (Å²) in [6.07, 6.45) is 2.47. The summed E-state index contributed by atoms with van der Waals surface area (Å²) in [5.41, 5.74) is 2.34. The highest BCUT2D eigenvalue weighted by molar-refractivity contribution is 5.38. The van der Waals surface area contributed by atoms with E-state index in [0.717, 1.165) is 30.0 Å². The molecule has 27 heavy (non-hydrogen) atoms. The highest BCUT2D eigenvalue weighted by atomic mass is 16.5. The quantitative estimate of drug-likeness (QED) is 0.603. The molecular weight excluding hydrogens is 342 g/mol. The largest absolute Gasteiger partial charge is 0.497 e. The van der Waals surface area contributed by atoms with Gasteiger partial charge in [-0.2, -0.15) is 10.1 Å². The molecule has 0 aliphatic heterocycles. The van der Waals surface area contributed by atoms with Crippen LogP contribution in [0.3, 0.4) is 0 Å². The van der Waals surface area contributed by atoms with Gasteiger partial charge in [0.2, 0.25) is 5.95 Å². The fourth-order valence-electron chi connectivity index (χ4n) is 2.51. The average molecular weight is 365 g/mol. The topological polar surface area (TPSA) is 81.2 Å². The number of aromatic nitrogens is 3. The van der Waals surface area contributed by atoms with Gasteiger partial charge in [-0.05, 0) is 41.8 Å². The summed E-state index contributed by atoms with van der Waals surface area (Å²) in [5, 5.41) is 14.5. The molecule has 0 aliphatic rings.